The Hall–Kier alpha value is -2.53. The molecule has 0 aromatic heterocycles. The van der Waals surface area contributed by atoms with E-state index in [9.17, 15) is 4.79 Å². The summed E-state index contributed by atoms with van der Waals surface area (Å²) in [4.78, 5) is 12.4. The summed E-state index contributed by atoms with van der Waals surface area (Å²) < 4.78 is 15.6. The summed E-state index contributed by atoms with van der Waals surface area (Å²) in [6.45, 7) is 0.859. The third kappa shape index (κ3) is 4.23. The second-order valence-electron chi connectivity index (χ2n) is 4.52. The Kier molecular flexibility index (Phi) is 5.80. The molecule has 2 aromatic rings. The van der Waals surface area contributed by atoms with E-state index in [-0.39, 0.29) is 5.91 Å². The Morgan fingerprint density at radius 2 is 1.73 bits per heavy atom. The second kappa shape index (κ2) is 8.05. The van der Waals surface area contributed by atoms with Crippen molar-refractivity contribution in [2.75, 3.05) is 32.8 Å². The largest absolute Gasteiger partial charge is 0.497 e. The van der Waals surface area contributed by atoms with Gasteiger partial charge in [0, 0.05) is 12.8 Å². The number of ether oxygens (including phenoxy) is 3. The van der Waals surface area contributed by atoms with Crippen LogP contribution in [0.15, 0.2) is 48.5 Å². The monoisotopic (exact) mass is 301 g/mol. The Balaban J connectivity index is 2.07. The SMILES string of the molecule is COCCOc1ccccc1C(=O)Nc1ccc(OC)cc1. The van der Waals surface area contributed by atoms with Crippen LogP contribution in [0.5, 0.6) is 11.5 Å². The van der Waals surface area contributed by atoms with Crippen LogP contribution < -0.4 is 14.8 Å². The highest BCUT2D eigenvalue weighted by molar-refractivity contribution is 6.06. The van der Waals surface area contributed by atoms with E-state index in [4.69, 9.17) is 14.2 Å². The molecule has 0 saturated heterocycles. The summed E-state index contributed by atoms with van der Waals surface area (Å²) in [5.74, 6) is 1.05. The van der Waals surface area contributed by atoms with Crippen molar-refractivity contribution >= 4 is 11.6 Å². The first-order valence-electron chi connectivity index (χ1n) is 6.90. The van der Waals surface area contributed by atoms with Crippen molar-refractivity contribution in [1.29, 1.82) is 0 Å². The molecule has 0 bridgehead atoms. The molecule has 2 rings (SSSR count). The molecule has 1 amide bonds. The highest BCUT2D eigenvalue weighted by Crippen LogP contribution is 2.21. The van der Waals surface area contributed by atoms with E-state index in [0.29, 0.717) is 30.2 Å². The van der Waals surface area contributed by atoms with Crippen LogP contribution >= 0.6 is 0 Å². The topological polar surface area (TPSA) is 56.8 Å². The molecule has 0 unspecified atom stereocenters. The van der Waals surface area contributed by atoms with Gasteiger partial charge in [-0.05, 0) is 36.4 Å². The second-order valence-corrected chi connectivity index (χ2v) is 4.52. The van der Waals surface area contributed by atoms with Gasteiger partial charge in [0.2, 0.25) is 0 Å². The van der Waals surface area contributed by atoms with Crippen LogP contribution in [0.4, 0.5) is 5.69 Å². The van der Waals surface area contributed by atoms with Gasteiger partial charge in [-0.3, -0.25) is 4.79 Å². The lowest BCUT2D eigenvalue weighted by Gasteiger charge is -2.11. The van der Waals surface area contributed by atoms with E-state index in [0.717, 1.165) is 5.75 Å². The lowest BCUT2D eigenvalue weighted by molar-refractivity contribution is 0.101. The number of carbonyl (C=O) groups is 1. The van der Waals surface area contributed by atoms with Crippen molar-refractivity contribution in [2.45, 2.75) is 0 Å². The van der Waals surface area contributed by atoms with Crippen LogP contribution in [0.2, 0.25) is 0 Å². The van der Waals surface area contributed by atoms with Crippen molar-refractivity contribution < 1.29 is 19.0 Å². The van der Waals surface area contributed by atoms with Crippen LogP contribution in [0.25, 0.3) is 0 Å². The van der Waals surface area contributed by atoms with Gasteiger partial charge in [-0.15, -0.1) is 0 Å². The number of benzene rings is 2. The number of amides is 1. The molecule has 0 aliphatic rings. The molecule has 0 saturated carbocycles. The fourth-order valence-electron chi connectivity index (χ4n) is 1.89. The predicted octanol–water partition coefficient (Wildman–Crippen LogP) is 2.97. The number of hydrogen-bond donors (Lipinski definition) is 1. The van der Waals surface area contributed by atoms with Crippen LogP contribution in [0, 0.1) is 0 Å². The minimum absolute atomic E-state index is 0.224. The normalized spacial score (nSPS) is 10.1. The quantitative estimate of drug-likeness (QED) is 0.799. The predicted molar refractivity (Wildman–Crippen MR) is 84.8 cm³/mol. The van der Waals surface area contributed by atoms with Crippen LogP contribution in [0.1, 0.15) is 10.4 Å². The molecular formula is C17H19NO4. The van der Waals surface area contributed by atoms with E-state index < -0.39 is 0 Å². The van der Waals surface area contributed by atoms with Gasteiger partial charge >= 0.3 is 0 Å². The van der Waals surface area contributed by atoms with E-state index in [2.05, 4.69) is 5.32 Å². The summed E-state index contributed by atoms with van der Waals surface area (Å²) in [5.41, 5.74) is 1.17. The molecule has 0 spiro atoms. The fourth-order valence-corrected chi connectivity index (χ4v) is 1.89. The molecule has 0 fully saturated rings. The molecule has 22 heavy (non-hydrogen) atoms. The van der Waals surface area contributed by atoms with Crippen molar-refractivity contribution in [3.63, 3.8) is 0 Å². The summed E-state index contributed by atoms with van der Waals surface area (Å²) >= 11 is 0. The van der Waals surface area contributed by atoms with E-state index in [1.54, 1.807) is 56.7 Å². The first-order chi connectivity index (χ1) is 10.7. The highest BCUT2D eigenvalue weighted by atomic mass is 16.5. The maximum atomic E-state index is 12.4. The molecule has 0 heterocycles. The Bertz CT molecular complexity index is 610. The molecule has 0 aliphatic heterocycles. The first-order valence-corrected chi connectivity index (χ1v) is 6.90. The Morgan fingerprint density at radius 3 is 2.41 bits per heavy atom. The summed E-state index contributed by atoms with van der Waals surface area (Å²) in [6.07, 6.45) is 0. The molecule has 1 N–H and O–H groups in total. The zero-order valence-electron chi connectivity index (χ0n) is 12.7. The Labute approximate surface area is 129 Å². The fraction of sp³-hybridized carbons (Fsp3) is 0.235. The van der Waals surface area contributed by atoms with Gasteiger partial charge in [0.25, 0.3) is 5.91 Å². The van der Waals surface area contributed by atoms with Crippen molar-refractivity contribution in [3.8, 4) is 11.5 Å². The van der Waals surface area contributed by atoms with Crippen molar-refractivity contribution in [1.82, 2.24) is 0 Å². The van der Waals surface area contributed by atoms with Crippen molar-refractivity contribution in [3.05, 3.63) is 54.1 Å². The lowest BCUT2D eigenvalue weighted by Crippen LogP contribution is -2.14. The molecule has 116 valence electrons. The summed E-state index contributed by atoms with van der Waals surface area (Å²) in [6, 6.07) is 14.3. The standard InChI is InChI=1S/C17H19NO4/c1-20-11-12-22-16-6-4-3-5-15(16)17(19)18-13-7-9-14(21-2)10-8-13/h3-10H,11-12H2,1-2H3,(H,18,19). The minimum Gasteiger partial charge on any atom is -0.497 e. The van der Waals surface area contributed by atoms with Gasteiger partial charge in [-0.25, -0.2) is 0 Å². The number of anilines is 1. The van der Waals surface area contributed by atoms with Crippen LogP contribution in [0.3, 0.4) is 0 Å². The molecular weight excluding hydrogens is 282 g/mol. The first kappa shape index (κ1) is 15.9. The number of carbonyl (C=O) groups excluding carboxylic acids is 1. The van der Waals surface area contributed by atoms with Crippen molar-refractivity contribution in [2.24, 2.45) is 0 Å². The zero-order chi connectivity index (χ0) is 15.8. The Morgan fingerprint density at radius 1 is 1.00 bits per heavy atom. The maximum Gasteiger partial charge on any atom is 0.259 e. The highest BCUT2D eigenvalue weighted by Gasteiger charge is 2.12. The van der Waals surface area contributed by atoms with Crippen LogP contribution in [-0.2, 0) is 4.74 Å². The van der Waals surface area contributed by atoms with E-state index in [1.165, 1.54) is 0 Å². The van der Waals surface area contributed by atoms with Gasteiger partial charge in [0.05, 0.1) is 19.3 Å². The third-order valence-electron chi connectivity index (χ3n) is 3.02. The molecule has 2 aromatic carbocycles. The van der Waals surface area contributed by atoms with E-state index >= 15 is 0 Å². The minimum atomic E-state index is -0.224. The molecule has 0 atom stereocenters. The molecule has 5 nitrogen and oxygen atoms in total. The lowest BCUT2D eigenvalue weighted by atomic mass is 10.2. The van der Waals surface area contributed by atoms with Gasteiger partial charge in [0.15, 0.2) is 0 Å². The molecule has 0 radical (unpaired) electrons. The summed E-state index contributed by atoms with van der Waals surface area (Å²) in [5, 5.41) is 2.83. The van der Waals surface area contributed by atoms with Crippen LogP contribution in [-0.4, -0.2) is 33.3 Å². The van der Waals surface area contributed by atoms with Gasteiger partial charge in [-0.1, -0.05) is 12.1 Å². The number of hydrogen-bond acceptors (Lipinski definition) is 4. The van der Waals surface area contributed by atoms with Gasteiger partial charge < -0.3 is 19.5 Å². The number of rotatable bonds is 7. The van der Waals surface area contributed by atoms with Gasteiger partial charge in [-0.2, -0.15) is 0 Å². The number of methoxy groups -OCH3 is 2. The smallest absolute Gasteiger partial charge is 0.259 e. The molecule has 5 heteroatoms. The maximum absolute atomic E-state index is 12.4. The summed E-state index contributed by atoms with van der Waals surface area (Å²) in [7, 11) is 3.20. The number of nitrogens with one attached hydrogen (secondary N) is 1. The average Bonchev–Trinajstić information content (AvgIpc) is 2.56. The zero-order valence-corrected chi connectivity index (χ0v) is 12.7. The van der Waals surface area contributed by atoms with Gasteiger partial charge in [0.1, 0.15) is 18.1 Å². The number of para-hydroxylation sites is 1. The van der Waals surface area contributed by atoms with E-state index in [1.807, 2.05) is 6.07 Å². The average molecular weight is 301 g/mol. The third-order valence-corrected chi connectivity index (χ3v) is 3.02. The molecule has 0 aliphatic carbocycles.